The smallest absolute Gasteiger partial charge is 0.128 e. The molecular weight excluding hydrogens is 229 g/mol. The Morgan fingerprint density at radius 3 is 2.56 bits per heavy atom. The summed E-state index contributed by atoms with van der Waals surface area (Å²) in [5.74, 6) is -0.183. The Morgan fingerprint density at radius 2 is 2.06 bits per heavy atom. The molecule has 0 radical (unpaired) electrons. The molecule has 1 unspecified atom stereocenters. The summed E-state index contributed by atoms with van der Waals surface area (Å²) in [5, 5.41) is 7.48. The van der Waals surface area contributed by atoms with Crippen LogP contribution in [-0.4, -0.2) is 16.8 Å². The van der Waals surface area contributed by atoms with E-state index in [0.717, 1.165) is 16.8 Å². The molecule has 0 bridgehead atoms. The summed E-state index contributed by atoms with van der Waals surface area (Å²) in [7, 11) is 3.67. The fourth-order valence-electron chi connectivity index (χ4n) is 2.32. The van der Waals surface area contributed by atoms with Gasteiger partial charge in [0.2, 0.25) is 0 Å². The largest absolute Gasteiger partial charge is 0.308 e. The number of aromatic nitrogens is 2. The van der Waals surface area contributed by atoms with E-state index in [1.165, 1.54) is 0 Å². The highest BCUT2D eigenvalue weighted by molar-refractivity contribution is 5.38. The second-order valence-electron chi connectivity index (χ2n) is 4.61. The monoisotopic (exact) mass is 247 g/mol. The van der Waals surface area contributed by atoms with E-state index in [1.54, 1.807) is 10.7 Å². The van der Waals surface area contributed by atoms with Crippen LogP contribution in [0.2, 0.25) is 0 Å². The van der Waals surface area contributed by atoms with Crippen molar-refractivity contribution in [3.8, 4) is 0 Å². The lowest BCUT2D eigenvalue weighted by Crippen LogP contribution is -2.21. The molecule has 0 aliphatic rings. The zero-order chi connectivity index (χ0) is 13.3. The Kier molecular flexibility index (Phi) is 3.48. The number of rotatable bonds is 3. The van der Waals surface area contributed by atoms with Gasteiger partial charge in [-0.05, 0) is 44.2 Å². The topological polar surface area (TPSA) is 29.9 Å². The molecule has 1 heterocycles. The molecule has 0 fully saturated rings. The minimum Gasteiger partial charge on any atom is -0.308 e. The molecule has 2 rings (SSSR count). The predicted molar refractivity (Wildman–Crippen MR) is 70.0 cm³/mol. The standard InChI is InChI=1S/C14H18FN3/c1-9-7-10(2)13(11(15)8-9)14(16-3)12-5-6-18(4)17-12/h5-8,14,16H,1-4H3. The SMILES string of the molecule is CNC(c1ccn(C)n1)c1c(C)cc(C)cc1F. The van der Waals surface area contributed by atoms with Gasteiger partial charge in [-0.3, -0.25) is 4.68 Å². The average Bonchev–Trinajstić information content (AvgIpc) is 2.69. The van der Waals surface area contributed by atoms with Gasteiger partial charge in [0, 0.05) is 18.8 Å². The maximum atomic E-state index is 14.2. The second-order valence-corrected chi connectivity index (χ2v) is 4.61. The van der Waals surface area contributed by atoms with Crippen molar-refractivity contribution in [2.24, 2.45) is 7.05 Å². The molecule has 0 amide bonds. The van der Waals surface area contributed by atoms with Crippen LogP contribution >= 0.6 is 0 Å². The quantitative estimate of drug-likeness (QED) is 0.903. The van der Waals surface area contributed by atoms with Crippen LogP contribution in [0.25, 0.3) is 0 Å². The summed E-state index contributed by atoms with van der Waals surface area (Å²) in [6, 6.07) is 5.24. The van der Waals surface area contributed by atoms with E-state index in [1.807, 2.05) is 46.3 Å². The summed E-state index contributed by atoms with van der Waals surface area (Å²) in [6.45, 7) is 3.83. The zero-order valence-electron chi connectivity index (χ0n) is 11.2. The lowest BCUT2D eigenvalue weighted by Gasteiger charge is -2.18. The first-order valence-corrected chi connectivity index (χ1v) is 5.96. The first kappa shape index (κ1) is 12.8. The van der Waals surface area contributed by atoms with E-state index in [4.69, 9.17) is 0 Å². The molecule has 4 heteroatoms. The molecule has 1 N–H and O–H groups in total. The molecule has 18 heavy (non-hydrogen) atoms. The third kappa shape index (κ3) is 2.29. The van der Waals surface area contributed by atoms with Gasteiger partial charge in [0.25, 0.3) is 0 Å². The van der Waals surface area contributed by atoms with Gasteiger partial charge in [0.1, 0.15) is 5.82 Å². The Balaban J connectivity index is 2.51. The van der Waals surface area contributed by atoms with Gasteiger partial charge < -0.3 is 5.32 Å². The first-order chi connectivity index (χ1) is 8.52. The molecule has 3 nitrogen and oxygen atoms in total. The Hall–Kier alpha value is -1.68. The molecule has 1 aromatic carbocycles. The first-order valence-electron chi connectivity index (χ1n) is 5.96. The van der Waals surface area contributed by atoms with E-state index < -0.39 is 0 Å². The Morgan fingerprint density at radius 1 is 1.33 bits per heavy atom. The van der Waals surface area contributed by atoms with Crippen LogP contribution in [0.15, 0.2) is 24.4 Å². The number of halogens is 1. The van der Waals surface area contributed by atoms with E-state index in [9.17, 15) is 4.39 Å². The van der Waals surface area contributed by atoms with Crippen molar-refractivity contribution in [2.45, 2.75) is 19.9 Å². The minimum atomic E-state index is -0.216. The van der Waals surface area contributed by atoms with Crippen LogP contribution in [0.4, 0.5) is 4.39 Å². The molecule has 0 aliphatic heterocycles. The molecule has 0 saturated carbocycles. The highest BCUT2D eigenvalue weighted by atomic mass is 19.1. The van der Waals surface area contributed by atoms with E-state index in [0.29, 0.717) is 5.56 Å². The van der Waals surface area contributed by atoms with Crippen LogP contribution in [0, 0.1) is 19.7 Å². The van der Waals surface area contributed by atoms with Gasteiger partial charge in [0.05, 0.1) is 11.7 Å². The molecule has 1 atom stereocenters. The predicted octanol–water partition coefficient (Wildman–Crippen LogP) is 2.48. The summed E-state index contributed by atoms with van der Waals surface area (Å²) in [4.78, 5) is 0. The van der Waals surface area contributed by atoms with Gasteiger partial charge >= 0.3 is 0 Å². The highest BCUT2D eigenvalue weighted by Gasteiger charge is 2.20. The van der Waals surface area contributed by atoms with Crippen molar-refractivity contribution >= 4 is 0 Å². The Bertz CT molecular complexity index is 537. The summed E-state index contributed by atoms with van der Waals surface area (Å²) in [5.41, 5.74) is 3.37. The maximum absolute atomic E-state index is 14.2. The molecule has 0 aliphatic carbocycles. The number of benzene rings is 1. The molecule has 2 aromatic rings. The molecule has 0 spiro atoms. The molecule has 1 aromatic heterocycles. The van der Waals surface area contributed by atoms with Gasteiger partial charge in [-0.1, -0.05) is 6.07 Å². The van der Waals surface area contributed by atoms with E-state index in [2.05, 4.69) is 10.4 Å². The fraction of sp³-hybridized carbons (Fsp3) is 0.357. The van der Waals surface area contributed by atoms with Crippen molar-refractivity contribution in [2.75, 3.05) is 7.05 Å². The van der Waals surface area contributed by atoms with Crippen LogP contribution in [0.3, 0.4) is 0 Å². The van der Waals surface area contributed by atoms with Crippen molar-refractivity contribution in [1.82, 2.24) is 15.1 Å². The van der Waals surface area contributed by atoms with Crippen LogP contribution < -0.4 is 5.32 Å². The summed E-state index contributed by atoms with van der Waals surface area (Å²) in [6.07, 6.45) is 1.86. The van der Waals surface area contributed by atoms with Crippen LogP contribution in [-0.2, 0) is 7.05 Å². The summed E-state index contributed by atoms with van der Waals surface area (Å²) >= 11 is 0. The average molecular weight is 247 g/mol. The van der Waals surface area contributed by atoms with E-state index >= 15 is 0 Å². The third-order valence-electron chi connectivity index (χ3n) is 3.09. The normalized spacial score (nSPS) is 12.7. The van der Waals surface area contributed by atoms with Gasteiger partial charge in [-0.15, -0.1) is 0 Å². The zero-order valence-corrected chi connectivity index (χ0v) is 11.2. The lowest BCUT2D eigenvalue weighted by atomic mass is 9.96. The number of hydrogen-bond donors (Lipinski definition) is 1. The second kappa shape index (κ2) is 4.90. The molecule has 96 valence electrons. The van der Waals surface area contributed by atoms with Crippen LogP contribution in [0.5, 0.6) is 0 Å². The van der Waals surface area contributed by atoms with Gasteiger partial charge in [-0.2, -0.15) is 5.10 Å². The van der Waals surface area contributed by atoms with Crippen molar-refractivity contribution in [3.05, 3.63) is 52.6 Å². The maximum Gasteiger partial charge on any atom is 0.128 e. The van der Waals surface area contributed by atoms with Crippen molar-refractivity contribution in [1.29, 1.82) is 0 Å². The highest BCUT2D eigenvalue weighted by Crippen LogP contribution is 2.27. The minimum absolute atomic E-state index is 0.183. The molecule has 0 saturated heterocycles. The van der Waals surface area contributed by atoms with Crippen LogP contribution in [0.1, 0.15) is 28.4 Å². The third-order valence-corrected chi connectivity index (χ3v) is 3.09. The summed E-state index contributed by atoms with van der Waals surface area (Å²) < 4.78 is 15.9. The number of nitrogens with zero attached hydrogens (tertiary/aromatic N) is 2. The van der Waals surface area contributed by atoms with E-state index in [-0.39, 0.29) is 11.9 Å². The lowest BCUT2D eigenvalue weighted by molar-refractivity contribution is 0.561. The molecular formula is C14H18FN3. The number of aryl methyl sites for hydroxylation is 3. The fourth-order valence-corrected chi connectivity index (χ4v) is 2.32. The van der Waals surface area contributed by atoms with Gasteiger partial charge in [-0.25, -0.2) is 4.39 Å². The number of nitrogens with one attached hydrogen (secondary N) is 1. The Labute approximate surface area is 107 Å². The van der Waals surface area contributed by atoms with Crippen molar-refractivity contribution < 1.29 is 4.39 Å². The van der Waals surface area contributed by atoms with Gasteiger partial charge in [0.15, 0.2) is 0 Å². The number of hydrogen-bond acceptors (Lipinski definition) is 2. The van der Waals surface area contributed by atoms with Crippen molar-refractivity contribution in [3.63, 3.8) is 0 Å².